The van der Waals surface area contributed by atoms with Crippen LogP contribution in [0.3, 0.4) is 0 Å². The van der Waals surface area contributed by atoms with E-state index >= 15 is 4.79 Å². The average molecular weight is 1100 g/mol. The molecule has 8 bridgehead atoms. The zero-order valence-electron chi connectivity index (χ0n) is 47.4. The molecular formula is C61H82N9O8S+. The molecule has 13 rings (SSSR count). The molecule has 4 aromatic rings. The first kappa shape index (κ1) is 54.9. The molecule has 1 aromatic carbocycles. The molecule has 5 saturated heterocycles. The number of benzene rings is 1. The molecule has 18 heteroatoms. The number of nitrogens with one attached hydrogen (secondary N) is 2. The summed E-state index contributed by atoms with van der Waals surface area (Å²) in [4.78, 5) is 45.5. The summed E-state index contributed by atoms with van der Waals surface area (Å²) in [6.07, 6.45) is 6.85. The van der Waals surface area contributed by atoms with Gasteiger partial charge in [0.2, 0.25) is 11.6 Å². The van der Waals surface area contributed by atoms with E-state index in [9.17, 15) is 9.90 Å². The number of pyridine rings is 1. The highest BCUT2D eigenvalue weighted by atomic mass is 32.1. The van der Waals surface area contributed by atoms with E-state index in [1.165, 1.54) is 24.2 Å². The second-order valence-electron chi connectivity index (χ2n) is 24.7. The van der Waals surface area contributed by atoms with Crippen molar-refractivity contribution in [3.05, 3.63) is 57.7 Å². The summed E-state index contributed by atoms with van der Waals surface area (Å²) in [7, 11) is 1.73. The number of hydrogen-bond acceptors (Lipinski definition) is 14. The molecule has 9 heterocycles. The molecule has 424 valence electrons. The topological polar surface area (TPSA) is 168 Å². The van der Waals surface area contributed by atoms with Crippen molar-refractivity contribution in [2.24, 2.45) is 29.1 Å². The van der Waals surface area contributed by atoms with Gasteiger partial charge >= 0.3 is 0 Å². The number of aromatic nitrogens is 3. The van der Waals surface area contributed by atoms with Gasteiger partial charge < -0.3 is 38.7 Å². The number of amides is 2. The predicted molar refractivity (Wildman–Crippen MR) is 302 cm³/mol. The van der Waals surface area contributed by atoms with Crippen LogP contribution >= 0.6 is 11.3 Å². The Kier molecular flexibility index (Phi) is 16.0. The van der Waals surface area contributed by atoms with Crippen molar-refractivity contribution >= 4 is 39.8 Å². The summed E-state index contributed by atoms with van der Waals surface area (Å²) in [5, 5.41) is 21.0. The van der Waals surface area contributed by atoms with Crippen LogP contribution < -0.4 is 10.7 Å². The Morgan fingerprint density at radius 2 is 1.76 bits per heavy atom. The maximum atomic E-state index is 15.4. The van der Waals surface area contributed by atoms with Gasteiger partial charge in [-0.2, -0.15) is 0 Å². The third-order valence-electron chi connectivity index (χ3n) is 18.8. The van der Waals surface area contributed by atoms with E-state index in [1.807, 2.05) is 6.20 Å². The average Bonchev–Trinajstić information content (AvgIpc) is 4.45. The zero-order chi connectivity index (χ0) is 54.7. The molecule has 3 aromatic heterocycles. The molecule has 0 radical (unpaired) electrons. The first-order valence-corrected chi connectivity index (χ1v) is 30.3. The number of fused-ring (bicyclic) bond motifs is 4. The standard InChI is InChI=1S/C61H81N9O8S/c1-36(66-16-18-67(19-17-66)43-11-12-43)8-9-40-28-47(52(62-33-40)39(4)74-7)55-48-32-61(5,6)35-78-60(73)53-42-29-44(30-42)70(65-53)59(72)54(64-57(71)51-37(2)38(51)3)56(68-20-25-76-26-21-68)58-63-49(34-79-58)41-10-13-50(46(48)31-41)69(55)22-27-77-45-14-23-75-24-15-45/h10,13,28,31,33-34,36-39,42-45,51,53-54,60,65,73H,11-12,14-27,29-30,32,35H2,1-7H3/p+1/t36-,37-,38+,39+,42?,44?,51?,53+,54?,60?/m1/s1. The quantitative estimate of drug-likeness (QED) is 0.121. The number of hydrogen-bond donors (Lipinski definition) is 3. The van der Waals surface area contributed by atoms with Crippen LogP contribution in [0.4, 0.5) is 0 Å². The molecule has 2 amide bonds. The minimum absolute atomic E-state index is 0.0854. The van der Waals surface area contributed by atoms with E-state index in [0.29, 0.717) is 69.8 Å². The molecule has 8 atom stereocenters. The van der Waals surface area contributed by atoms with Crippen LogP contribution in [0.25, 0.3) is 33.4 Å². The number of nitrogens with zero attached hydrogens (tertiary/aromatic N) is 7. The van der Waals surface area contributed by atoms with Crippen LogP contribution in [0, 0.1) is 40.9 Å². The second-order valence-corrected chi connectivity index (χ2v) is 25.5. The second kappa shape index (κ2) is 22.9. The maximum absolute atomic E-state index is 15.4. The minimum Gasteiger partial charge on any atom is -0.381 e. The monoisotopic (exact) mass is 1100 g/mol. The fourth-order valence-electron chi connectivity index (χ4n) is 13.4. The largest absolute Gasteiger partial charge is 0.381 e. The van der Waals surface area contributed by atoms with E-state index in [4.69, 9.17) is 33.7 Å². The van der Waals surface area contributed by atoms with Crippen molar-refractivity contribution in [3.63, 3.8) is 0 Å². The molecule has 3 N–H and O–H groups in total. The van der Waals surface area contributed by atoms with E-state index < -0.39 is 23.8 Å². The fourth-order valence-corrected chi connectivity index (χ4v) is 14.3. The summed E-state index contributed by atoms with van der Waals surface area (Å²) >= 11 is 1.49. The van der Waals surface area contributed by atoms with Crippen LogP contribution in [0.1, 0.15) is 108 Å². The Morgan fingerprint density at radius 1 is 1.01 bits per heavy atom. The molecule has 0 spiro atoms. The molecule has 8 fully saturated rings. The van der Waals surface area contributed by atoms with E-state index in [1.54, 1.807) is 12.1 Å². The number of morpholine rings is 1. The Hall–Kier alpha value is -4.65. The van der Waals surface area contributed by atoms with Crippen molar-refractivity contribution in [2.45, 2.75) is 142 Å². The fraction of sp³-hybridized carbons (Fsp3) is 0.656. The van der Waals surface area contributed by atoms with Crippen LogP contribution in [-0.2, 0) is 46.2 Å². The van der Waals surface area contributed by atoms with Crippen molar-refractivity contribution < 1.29 is 43.0 Å². The number of carbonyl (C=O) groups is 2. The first-order chi connectivity index (χ1) is 38.2. The van der Waals surface area contributed by atoms with Gasteiger partial charge in [-0.1, -0.05) is 45.6 Å². The molecular weight excluding hydrogens is 1020 g/mol. The van der Waals surface area contributed by atoms with Gasteiger partial charge in [0.05, 0.1) is 54.6 Å². The normalized spacial score (nSPS) is 29.6. The summed E-state index contributed by atoms with van der Waals surface area (Å²) in [6, 6.07) is 8.03. The third kappa shape index (κ3) is 11.4. The molecule has 9 aliphatic rings. The first-order valence-electron chi connectivity index (χ1n) is 29.5. The van der Waals surface area contributed by atoms with Crippen LogP contribution in [0.2, 0.25) is 0 Å². The smallest absolute Gasteiger partial charge is 0.270 e. The number of aliphatic hydroxyl groups is 1. The van der Waals surface area contributed by atoms with Gasteiger partial charge in [0.25, 0.3) is 5.91 Å². The molecule has 79 heavy (non-hydrogen) atoms. The van der Waals surface area contributed by atoms with Crippen LogP contribution in [0.5, 0.6) is 0 Å². The zero-order valence-corrected chi connectivity index (χ0v) is 48.2. The summed E-state index contributed by atoms with van der Waals surface area (Å²) in [6.45, 7) is 21.8. The number of ether oxygens (including phenoxy) is 5. The van der Waals surface area contributed by atoms with Gasteiger partial charge in [0.15, 0.2) is 30.4 Å². The predicted octanol–water partition coefficient (Wildman–Crippen LogP) is 5.88. The van der Waals surface area contributed by atoms with E-state index in [0.717, 1.165) is 108 Å². The summed E-state index contributed by atoms with van der Waals surface area (Å²) < 4.78 is 35.6. The summed E-state index contributed by atoms with van der Waals surface area (Å²) in [5.74, 6) is 7.16. The van der Waals surface area contributed by atoms with E-state index in [2.05, 4.69) is 113 Å². The number of aliphatic hydroxyl groups excluding tert-OH is 1. The Balaban J connectivity index is 0.999. The Labute approximate surface area is 469 Å². The highest BCUT2D eigenvalue weighted by molar-refractivity contribution is 7.12. The van der Waals surface area contributed by atoms with E-state index in [-0.39, 0.29) is 66.4 Å². The van der Waals surface area contributed by atoms with Crippen LogP contribution in [-0.4, -0.2) is 185 Å². The van der Waals surface area contributed by atoms with Crippen molar-refractivity contribution in [2.75, 3.05) is 86.0 Å². The number of methoxy groups -OCH3 is 1. The molecule has 3 unspecified atom stereocenters. The number of carbonyl (C=O) groups excluding carboxylic acids is 2. The lowest BCUT2D eigenvalue weighted by atomic mass is 9.72. The van der Waals surface area contributed by atoms with Crippen LogP contribution in [0.15, 0.2) is 35.8 Å². The lowest BCUT2D eigenvalue weighted by molar-refractivity contribution is -0.550. The van der Waals surface area contributed by atoms with Gasteiger partial charge in [-0.15, -0.1) is 11.3 Å². The molecule has 3 aliphatic carbocycles. The van der Waals surface area contributed by atoms with Gasteiger partial charge in [-0.3, -0.25) is 29.4 Å². The Bertz CT molecular complexity index is 2980. The van der Waals surface area contributed by atoms with Gasteiger partial charge in [-0.25, -0.2) is 15.0 Å². The lowest BCUT2D eigenvalue weighted by Gasteiger charge is -2.54. The van der Waals surface area contributed by atoms with Gasteiger partial charge in [-0.05, 0) is 106 Å². The number of rotatable bonds is 11. The van der Waals surface area contributed by atoms with Gasteiger partial charge in [0, 0.05) is 110 Å². The highest BCUT2D eigenvalue weighted by Gasteiger charge is 2.54. The third-order valence-corrected chi connectivity index (χ3v) is 19.6. The highest BCUT2D eigenvalue weighted by Crippen LogP contribution is 2.47. The Morgan fingerprint density at radius 3 is 2.48 bits per heavy atom. The van der Waals surface area contributed by atoms with Crippen molar-refractivity contribution in [3.8, 4) is 34.4 Å². The SMILES string of the molecule is CO[C@@H](C)c1ncc(C#C[C@@H](C)N2CCN(C3CC3)CC2)cc1-c1c2c3cc(ccc3n1CCOC1CCOCC1)-c1csc(n1)C(=[N+]1CCOCC1)C(NC(=O)C1[C@@H](C)[C@H]1C)C(=O)N1N[C@@H](C3CC1C3)C(O)OCC(C)(C)C2. The number of thiazole rings is 1. The summed E-state index contributed by atoms with van der Waals surface area (Å²) in [5.41, 5.74) is 11.1. The number of piperazine rings is 1. The maximum Gasteiger partial charge on any atom is 0.270 e. The molecule has 17 nitrogen and oxygen atoms in total. The molecule has 6 aliphatic heterocycles. The van der Waals surface area contributed by atoms with Gasteiger partial charge in [0.1, 0.15) is 13.2 Å². The van der Waals surface area contributed by atoms with Crippen molar-refractivity contribution in [1.29, 1.82) is 0 Å². The molecule has 3 saturated carbocycles. The lowest BCUT2D eigenvalue weighted by Crippen LogP contribution is -2.73. The minimum atomic E-state index is -1.21. The number of hydrazine groups is 1. The van der Waals surface area contributed by atoms with Crippen molar-refractivity contribution in [1.82, 2.24) is 40.1 Å².